The summed E-state index contributed by atoms with van der Waals surface area (Å²) in [6.45, 7) is 3.59. The Bertz CT molecular complexity index is 923. The second kappa shape index (κ2) is 7.06. The molecule has 0 aliphatic rings. The molecule has 1 atom stereocenters. The van der Waals surface area contributed by atoms with Gasteiger partial charge < -0.3 is 14.3 Å². The molecule has 128 valence electrons. The number of rotatable bonds is 4. The molecule has 3 rings (SSSR count). The van der Waals surface area contributed by atoms with Crippen LogP contribution in [-0.4, -0.2) is 21.3 Å². The third kappa shape index (κ3) is 3.88. The van der Waals surface area contributed by atoms with Crippen LogP contribution in [0.2, 0.25) is 0 Å². The van der Waals surface area contributed by atoms with Crippen LogP contribution in [0.4, 0.5) is 0 Å². The average molecular weight is 403 g/mol. The molecule has 0 fully saturated rings. The molecule has 1 heterocycles. The second-order valence-electron chi connectivity index (χ2n) is 5.52. The molecule has 6 nitrogen and oxygen atoms in total. The highest BCUT2D eigenvalue weighted by Gasteiger charge is 2.22. The molecule has 0 aliphatic carbocycles. The van der Waals surface area contributed by atoms with Gasteiger partial charge in [0.15, 0.2) is 6.10 Å². The molecule has 0 aliphatic heterocycles. The fraction of sp³-hybridized carbons (Fsp3) is 0.167. The Labute approximate surface area is 152 Å². The Morgan fingerprint density at radius 1 is 1.24 bits per heavy atom. The van der Waals surface area contributed by atoms with Crippen molar-refractivity contribution in [2.45, 2.75) is 20.0 Å². The number of hydrogen-bond donors (Lipinski definition) is 1. The van der Waals surface area contributed by atoms with Crippen LogP contribution in [0.25, 0.3) is 11.5 Å². The van der Waals surface area contributed by atoms with E-state index in [0.717, 1.165) is 11.1 Å². The summed E-state index contributed by atoms with van der Waals surface area (Å²) in [6, 6.07) is 12.2. The Morgan fingerprint density at radius 2 is 2.04 bits per heavy atom. The third-order valence-corrected chi connectivity index (χ3v) is 4.01. The van der Waals surface area contributed by atoms with Crippen molar-refractivity contribution >= 4 is 21.9 Å². The number of carbonyl (C=O) groups is 1. The maximum atomic E-state index is 12.2. The van der Waals surface area contributed by atoms with E-state index in [1.807, 2.05) is 31.2 Å². The van der Waals surface area contributed by atoms with Crippen molar-refractivity contribution in [1.82, 2.24) is 10.2 Å². The first kappa shape index (κ1) is 17.2. The highest BCUT2D eigenvalue weighted by Crippen LogP contribution is 2.27. The summed E-state index contributed by atoms with van der Waals surface area (Å²) in [4.78, 5) is 12.2. The molecule has 0 spiro atoms. The van der Waals surface area contributed by atoms with Crippen molar-refractivity contribution in [2.75, 3.05) is 0 Å². The largest absolute Gasteiger partial charge is 0.507 e. The van der Waals surface area contributed by atoms with Gasteiger partial charge in [0, 0.05) is 10.0 Å². The van der Waals surface area contributed by atoms with Crippen LogP contribution < -0.4 is 0 Å². The maximum absolute atomic E-state index is 12.2. The minimum atomic E-state index is -0.753. The van der Waals surface area contributed by atoms with Crippen LogP contribution >= 0.6 is 15.9 Å². The fourth-order valence-corrected chi connectivity index (χ4v) is 2.60. The van der Waals surface area contributed by atoms with E-state index in [4.69, 9.17) is 9.15 Å². The molecular formula is C18H15BrN2O4. The summed E-state index contributed by atoms with van der Waals surface area (Å²) < 4.78 is 11.6. The Balaban J connectivity index is 1.77. The summed E-state index contributed by atoms with van der Waals surface area (Å²) in [5.74, 6) is -0.306. The highest BCUT2D eigenvalue weighted by atomic mass is 79.9. The maximum Gasteiger partial charge on any atom is 0.342 e. The van der Waals surface area contributed by atoms with Crippen molar-refractivity contribution in [3.05, 3.63) is 64.0 Å². The van der Waals surface area contributed by atoms with Crippen LogP contribution in [0.5, 0.6) is 5.75 Å². The van der Waals surface area contributed by atoms with Gasteiger partial charge in [-0.3, -0.25) is 0 Å². The van der Waals surface area contributed by atoms with Crippen molar-refractivity contribution in [1.29, 1.82) is 0 Å². The molecule has 1 N–H and O–H groups in total. The average Bonchev–Trinajstić information content (AvgIpc) is 3.07. The van der Waals surface area contributed by atoms with E-state index in [0.29, 0.717) is 10.4 Å². The highest BCUT2D eigenvalue weighted by molar-refractivity contribution is 9.10. The monoisotopic (exact) mass is 402 g/mol. The number of aromatic hydroxyl groups is 1. The smallest absolute Gasteiger partial charge is 0.342 e. The van der Waals surface area contributed by atoms with Crippen molar-refractivity contribution < 1.29 is 19.1 Å². The predicted molar refractivity (Wildman–Crippen MR) is 94.1 cm³/mol. The van der Waals surface area contributed by atoms with Crippen molar-refractivity contribution in [3.8, 4) is 17.2 Å². The van der Waals surface area contributed by atoms with E-state index < -0.39 is 12.1 Å². The van der Waals surface area contributed by atoms with Gasteiger partial charge in [0.05, 0.1) is 0 Å². The molecule has 0 radical (unpaired) electrons. The van der Waals surface area contributed by atoms with Gasteiger partial charge in [-0.25, -0.2) is 4.79 Å². The van der Waals surface area contributed by atoms with E-state index >= 15 is 0 Å². The van der Waals surface area contributed by atoms with E-state index in [1.165, 1.54) is 12.1 Å². The summed E-state index contributed by atoms with van der Waals surface area (Å²) >= 11 is 3.25. The number of halogens is 1. The van der Waals surface area contributed by atoms with Gasteiger partial charge in [-0.05, 0) is 44.2 Å². The number of nitrogens with zero attached hydrogens (tertiary/aromatic N) is 2. The molecule has 0 bridgehead atoms. The first-order chi connectivity index (χ1) is 11.9. The van der Waals surface area contributed by atoms with E-state index in [1.54, 1.807) is 13.0 Å². The minimum absolute atomic E-state index is 0.0552. The van der Waals surface area contributed by atoms with Crippen LogP contribution in [0, 0.1) is 6.92 Å². The Morgan fingerprint density at radius 3 is 2.80 bits per heavy atom. The lowest BCUT2D eigenvalue weighted by Gasteiger charge is -2.10. The first-order valence-electron chi connectivity index (χ1n) is 7.54. The van der Waals surface area contributed by atoms with Crippen LogP contribution in [0.1, 0.15) is 34.8 Å². The SMILES string of the molecule is Cc1cccc(-c2nnc([C@@H](C)OC(=O)c3cc(Br)ccc3O)o2)c1. The quantitative estimate of drug-likeness (QED) is 0.649. The van der Waals surface area contributed by atoms with Gasteiger partial charge in [0.25, 0.3) is 5.89 Å². The van der Waals surface area contributed by atoms with Gasteiger partial charge in [-0.2, -0.15) is 0 Å². The number of esters is 1. The zero-order valence-corrected chi connectivity index (χ0v) is 15.1. The molecule has 0 unspecified atom stereocenters. The molecule has 25 heavy (non-hydrogen) atoms. The fourth-order valence-electron chi connectivity index (χ4n) is 2.24. The Kier molecular flexibility index (Phi) is 4.85. The van der Waals surface area contributed by atoms with Crippen molar-refractivity contribution in [2.24, 2.45) is 0 Å². The zero-order chi connectivity index (χ0) is 18.0. The molecule has 2 aromatic carbocycles. The number of benzene rings is 2. The lowest BCUT2D eigenvalue weighted by Crippen LogP contribution is -2.10. The van der Waals surface area contributed by atoms with E-state index in [9.17, 15) is 9.90 Å². The summed E-state index contributed by atoms with van der Waals surface area (Å²) in [7, 11) is 0. The summed E-state index contributed by atoms with van der Waals surface area (Å²) in [5.41, 5.74) is 1.92. The minimum Gasteiger partial charge on any atom is -0.507 e. The molecule has 3 aromatic rings. The van der Waals surface area contributed by atoms with Crippen LogP contribution in [0.15, 0.2) is 51.4 Å². The molecule has 0 amide bonds. The van der Waals surface area contributed by atoms with Gasteiger partial charge in [-0.15, -0.1) is 10.2 Å². The van der Waals surface area contributed by atoms with Crippen LogP contribution in [0.3, 0.4) is 0 Å². The number of phenols is 1. The topological polar surface area (TPSA) is 85.5 Å². The van der Waals surface area contributed by atoms with Crippen LogP contribution in [-0.2, 0) is 4.74 Å². The second-order valence-corrected chi connectivity index (χ2v) is 6.44. The van der Waals surface area contributed by atoms with Gasteiger partial charge in [0.1, 0.15) is 11.3 Å². The van der Waals surface area contributed by atoms with Gasteiger partial charge in [-0.1, -0.05) is 33.6 Å². The standard InChI is InChI=1S/C18H15BrN2O4/c1-10-4-3-5-12(8-10)17-21-20-16(25-17)11(2)24-18(23)14-9-13(19)6-7-15(14)22/h3-9,11,22H,1-2H3/t11-/m1/s1. The molecule has 7 heteroatoms. The molecular weight excluding hydrogens is 388 g/mol. The van der Waals surface area contributed by atoms with E-state index in [2.05, 4.69) is 26.1 Å². The molecule has 1 aromatic heterocycles. The molecule has 0 saturated heterocycles. The number of carbonyl (C=O) groups excluding carboxylic acids is 1. The summed E-state index contributed by atoms with van der Waals surface area (Å²) in [6.07, 6.45) is -0.753. The number of hydrogen-bond acceptors (Lipinski definition) is 6. The summed E-state index contributed by atoms with van der Waals surface area (Å²) in [5, 5.41) is 17.7. The number of ether oxygens (including phenoxy) is 1. The third-order valence-electron chi connectivity index (χ3n) is 3.52. The normalized spacial score (nSPS) is 12.0. The van der Waals surface area contributed by atoms with Gasteiger partial charge >= 0.3 is 5.97 Å². The number of aromatic nitrogens is 2. The first-order valence-corrected chi connectivity index (χ1v) is 8.33. The Hall–Kier alpha value is -2.67. The lowest BCUT2D eigenvalue weighted by molar-refractivity contribution is 0.0276. The van der Waals surface area contributed by atoms with Gasteiger partial charge in [0.2, 0.25) is 5.89 Å². The van der Waals surface area contributed by atoms with Crippen molar-refractivity contribution in [3.63, 3.8) is 0 Å². The zero-order valence-electron chi connectivity index (χ0n) is 13.6. The molecule has 0 saturated carbocycles. The number of aryl methyl sites for hydroxylation is 1. The number of phenolic OH excluding ortho intramolecular Hbond substituents is 1. The lowest BCUT2D eigenvalue weighted by atomic mass is 10.1. The predicted octanol–water partition coefficient (Wildman–Crippen LogP) is 4.43. The van der Waals surface area contributed by atoms with E-state index in [-0.39, 0.29) is 17.2 Å².